The van der Waals surface area contributed by atoms with Gasteiger partial charge in [0.1, 0.15) is 23.6 Å². The minimum Gasteiger partial charge on any atom is -0.486 e. The van der Waals surface area contributed by atoms with Gasteiger partial charge in [-0.2, -0.15) is 0 Å². The molecule has 2 fully saturated rings. The number of ether oxygens (including phenoxy) is 4. The molecule has 10 heteroatoms. The predicted molar refractivity (Wildman–Crippen MR) is 161 cm³/mol. The van der Waals surface area contributed by atoms with E-state index >= 15 is 0 Å². The number of aryl methyl sites for hydroxylation is 1. The van der Waals surface area contributed by atoms with Crippen LogP contribution in [-0.2, 0) is 20.8 Å². The number of amides is 2. The summed E-state index contributed by atoms with van der Waals surface area (Å²) < 4.78 is 23.6. The predicted octanol–water partition coefficient (Wildman–Crippen LogP) is 6.31. The van der Waals surface area contributed by atoms with Crippen LogP contribution in [0, 0.1) is 6.92 Å². The zero-order valence-electron chi connectivity index (χ0n) is 26.0. The van der Waals surface area contributed by atoms with Crippen LogP contribution in [0.25, 0.3) is 0 Å². The number of nitrogens with zero attached hydrogens (tertiary/aromatic N) is 4. The smallest absolute Gasteiger partial charge is 0.420 e. The Kier molecular flexibility index (Phi) is 8.29. The Morgan fingerprint density at radius 3 is 2.19 bits per heavy atom. The summed E-state index contributed by atoms with van der Waals surface area (Å²) in [5, 5.41) is 0. The van der Waals surface area contributed by atoms with Gasteiger partial charge in [0, 0.05) is 38.1 Å². The molecule has 0 N–H and O–H groups in total. The van der Waals surface area contributed by atoms with Crippen molar-refractivity contribution in [3.8, 4) is 5.75 Å². The molecule has 0 saturated carbocycles. The number of carbonyl (C=O) groups is 2. The molecule has 1 aromatic heterocycles. The van der Waals surface area contributed by atoms with Crippen LogP contribution in [0.15, 0.2) is 24.4 Å². The number of fused-ring (bicyclic) bond motifs is 2. The van der Waals surface area contributed by atoms with Crippen molar-refractivity contribution in [1.29, 1.82) is 0 Å². The van der Waals surface area contributed by atoms with Gasteiger partial charge in [0.25, 0.3) is 0 Å². The topological polar surface area (TPSA) is 93.7 Å². The Hall–Kier alpha value is -3.53. The number of piperidine rings is 1. The van der Waals surface area contributed by atoms with Gasteiger partial charge in [0.2, 0.25) is 0 Å². The minimum atomic E-state index is -0.701. The zero-order valence-corrected chi connectivity index (χ0v) is 26.0. The highest BCUT2D eigenvalue weighted by molar-refractivity contribution is 5.99. The van der Waals surface area contributed by atoms with Crippen molar-refractivity contribution in [2.24, 2.45) is 0 Å². The van der Waals surface area contributed by atoms with Crippen LogP contribution in [0.2, 0.25) is 0 Å². The number of carbonyl (C=O) groups excluding carboxylic acids is 2. The molecule has 0 atom stereocenters. The number of pyridine rings is 1. The number of rotatable bonds is 2. The Morgan fingerprint density at radius 2 is 1.55 bits per heavy atom. The van der Waals surface area contributed by atoms with Crippen molar-refractivity contribution in [3.05, 3.63) is 41.1 Å². The van der Waals surface area contributed by atoms with E-state index in [9.17, 15) is 9.59 Å². The molecule has 10 nitrogen and oxygen atoms in total. The van der Waals surface area contributed by atoms with E-state index in [1.807, 2.05) is 60.6 Å². The molecule has 4 heterocycles. The van der Waals surface area contributed by atoms with Gasteiger partial charge in [-0.25, -0.2) is 19.5 Å². The van der Waals surface area contributed by atoms with Crippen LogP contribution in [0.3, 0.4) is 0 Å². The van der Waals surface area contributed by atoms with E-state index in [1.165, 1.54) is 0 Å². The number of anilines is 3. The molecule has 5 rings (SSSR count). The Morgan fingerprint density at radius 1 is 0.905 bits per heavy atom. The number of hydrogen-bond acceptors (Lipinski definition) is 8. The number of morpholine rings is 1. The SMILES string of the molecule is Cc1cc(C2CCN(C(=O)OC(C)(C)C)CC2)cc2c1OCc1c(N3CCOCC3)ccnc1N2C(=O)OC(C)(C)C. The van der Waals surface area contributed by atoms with Gasteiger partial charge in [0.05, 0.1) is 24.5 Å². The van der Waals surface area contributed by atoms with Crippen molar-refractivity contribution < 1.29 is 28.5 Å². The normalized spacial score (nSPS) is 18.0. The molecule has 0 unspecified atom stereocenters. The van der Waals surface area contributed by atoms with Crippen molar-refractivity contribution in [2.75, 3.05) is 49.2 Å². The summed E-state index contributed by atoms with van der Waals surface area (Å²) >= 11 is 0. The second-order valence-electron chi connectivity index (χ2n) is 13.3. The van der Waals surface area contributed by atoms with E-state index in [4.69, 9.17) is 23.9 Å². The first-order chi connectivity index (χ1) is 19.8. The number of likely N-dealkylation sites (tertiary alicyclic amines) is 1. The fraction of sp³-hybridized carbons (Fsp3) is 0.594. The Bertz CT molecular complexity index is 1320. The van der Waals surface area contributed by atoms with Crippen molar-refractivity contribution in [3.63, 3.8) is 0 Å². The quantitative estimate of drug-likeness (QED) is 0.408. The average molecular weight is 581 g/mol. The second kappa shape index (κ2) is 11.6. The lowest BCUT2D eigenvalue weighted by Gasteiger charge is -2.34. The highest BCUT2D eigenvalue weighted by atomic mass is 16.6. The number of aromatic nitrogens is 1. The van der Waals surface area contributed by atoms with Crippen molar-refractivity contribution in [2.45, 2.75) is 85.0 Å². The average Bonchev–Trinajstić information content (AvgIpc) is 3.09. The highest BCUT2D eigenvalue weighted by Crippen LogP contribution is 2.46. The van der Waals surface area contributed by atoms with Crippen molar-refractivity contribution >= 4 is 29.4 Å². The Labute approximate surface area is 248 Å². The van der Waals surface area contributed by atoms with E-state index in [1.54, 1.807) is 16.0 Å². The van der Waals surface area contributed by atoms with E-state index < -0.39 is 17.3 Å². The van der Waals surface area contributed by atoms with E-state index in [-0.39, 0.29) is 18.6 Å². The molecule has 0 aliphatic carbocycles. The molecule has 0 radical (unpaired) electrons. The monoisotopic (exact) mass is 580 g/mol. The summed E-state index contributed by atoms with van der Waals surface area (Å²) in [6.07, 6.45) is 2.55. The fourth-order valence-corrected chi connectivity index (χ4v) is 5.75. The summed E-state index contributed by atoms with van der Waals surface area (Å²) in [5.41, 5.74) is 3.25. The van der Waals surface area contributed by atoms with E-state index in [0.29, 0.717) is 43.6 Å². The van der Waals surface area contributed by atoms with Gasteiger partial charge < -0.3 is 28.7 Å². The maximum atomic E-state index is 13.9. The molecular formula is C32H44N4O6. The first kappa shape index (κ1) is 29.9. The first-order valence-electron chi connectivity index (χ1n) is 14.9. The maximum absolute atomic E-state index is 13.9. The molecule has 2 amide bonds. The first-order valence-corrected chi connectivity index (χ1v) is 14.9. The molecule has 228 valence electrons. The molecule has 1 aromatic carbocycles. The van der Waals surface area contributed by atoms with Gasteiger partial charge in [-0.1, -0.05) is 6.07 Å². The molecule has 2 aromatic rings. The van der Waals surface area contributed by atoms with Gasteiger partial charge >= 0.3 is 12.2 Å². The van der Waals surface area contributed by atoms with Crippen molar-refractivity contribution in [1.82, 2.24) is 9.88 Å². The van der Waals surface area contributed by atoms with Gasteiger partial charge in [-0.15, -0.1) is 0 Å². The van der Waals surface area contributed by atoms with Crippen LogP contribution in [-0.4, -0.2) is 72.7 Å². The summed E-state index contributed by atoms with van der Waals surface area (Å²) in [6, 6.07) is 6.16. The van der Waals surface area contributed by atoms with Crippen LogP contribution in [0.5, 0.6) is 5.75 Å². The van der Waals surface area contributed by atoms with E-state index in [2.05, 4.69) is 11.0 Å². The molecule has 3 aliphatic heterocycles. The summed E-state index contributed by atoms with van der Waals surface area (Å²) in [6.45, 7) is 17.5. The number of benzene rings is 1. The third-order valence-electron chi connectivity index (χ3n) is 7.65. The lowest BCUT2D eigenvalue weighted by atomic mass is 9.88. The second-order valence-corrected chi connectivity index (χ2v) is 13.3. The van der Waals surface area contributed by atoms with E-state index in [0.717, 1.165) is 48.3 Å². The third kappa shape index (κ3) is 6.59. The lowest BCUT2D eigenvalue weighted by molar-refractivity contribution is 0.0204. The van der Waals surface area contributed by atoms with Crippen LogP contribution < -0.4 is 14.5 Å². The summed E-state index contributed by atoms with van der Waals surface area (Å²) in [4.78, 5) is 36.9. The van der Waals surface area contributed by atoms with Gasteiger partial charge in [-0.3, -0.25) is 0 Å². The summed E-state index contributed by atoms with van der Waals surface area (Å²) in [5.74, 6) is 1.37. The highest BCUT2D eigenvalue weighted by Gasteiger charge is 2.36. The largest absolute Gasteiger partial charge is 0.486 e. The van der Waals surface area contributed by atoms with Crippen LogP contribution in [0.1, 0.15) is 77.0 Å². The van der Waals surface area contributed by atoms with Crippen LogP contribution >= 0.6 is 0 Å². The third-order valence-corrected chi connectivity index (χ3v) is 7.65. The molecule has 42 heavy (non-hydrogen) atoms. The van der Waals surface area contributed by atoms with Gasteiger partial charge in [-0.05, 0) is 90.5 Å². The molecular weight excluding hydrogens is 536 g/mol. The Balaban J connectivity index is 1.50. The summed E-state index contributed by atoms with van der Waals surface area (Å²) in [7, 11) is 0. The molecule has 2 saturated heterocycles. The lowest BCUT2D eigenvalue weighted by Crippen LogP contribution is -2.41. The van der Waals surface area contributed by atoms with Gasteiger partial charge in [0.15, 0.2) is 5.82 Å². The fourth-order valence-electron chi connectivity index (χ4n) is 5.75. The van der Waals surface area contributed by atoms with Crippen LogP contribution in [0.4, 0.5) is 26.8 Å². The standard InChI is InChI=1S/C32H44N4O6/c1-21-18-23(22-9-12-35(13-10-22)29(37)41-31(2,3)4)19-26-27(21)40-20-24-25(34-14-16-39-17-15-34)8-11-33-28(24)36(26)30(38)42-32(5,6)7/h8,11,18-19,22H,9-10,12-17,20H2,1-7H3. The minimum absolute atomic E-state index is 0.212. The maximum Gasteiger partial charge on any atom is 0.420 e. The molecule has 0 bridgehead atoms. The number of hydrogen-bond donors (Lipinski definition) is 0. The zero-order chi connectivity index (χ0) is 30.2. The molecule has 3 aliphatic rings. The molecule has 0 spiro atoms.